The average molecular weight is 230 g/mol. The Morgan fingerprint density at radius 2 is 1.33 bits per heavy atom. The van der Waals surface area contributed by atoms with E-state index < -0.39 is 9.28 Å². The van der Waals surface area contributed by atoms with Crippen LogP contribution in [0, 0.1) is 0 Å². The molecule has 2 nitrogen and oxygen atoms in total. The van der Waals surface area contributed by atoms with Crippen molar-refractivity contribution in [2.75, 3.05) is 0 Å². The van der Waals surface area contributed by atoms with Gasteiger partial charge < -0.3 is 8.85 Å². The van der Waals surface area contributed by atoms with Gasteiger partial charge in [-0.05, 0) is 46.1 Å². The highest BCUT2D eigenvalue weighted by atomic mass is 28.3. The minimum absolute atomic E-state index is 0.322. The van der Waals surface area contributed by atoms with Gasteiger partial charge in [-0.25, -0.2) is 0 Å². The Morgan fingerprint density at radius 3 is 1.73 bits per heavy atom. The number of hydrogen-bond acceptors (Lipinski definition) is 2. The van der Waals surface area contributed by atoms with E-state index in [1.165, 1.54) is 32.1 Å². The lowest BCUT2D eigenvalue weighted by atomic mass is 10.0. The number of rotatable bonds is 5. The molecular formula is C12H26O2Si. The Morgan fingerprint density at radius 1 is 0.867 bits per heavy atom. The second-order valence-electron chi connectivity index (χ2n) is 5.14. The predicted molar refractivity (Wildman–Crippen MR) is 66.4 cm³/mol. The van der Waals surface area contributed by atoms with Gasteiger partial charge in [0.15, 0.2) is 0 Å². The summed E-state index contributed by atoms with van der Waals surface area (Å²) in [5, 5.41) is 0. The molecular weight excluding hydrogens is 204 g/mol. The highest BCUT2D eigenvalue weighted by molar-refractivity contribution is 6.46. The van der Waals surface area contributed by atoms with Gasteiger partial charge >= 0.3 is 9.28 Å². The fourth-order valence-corrected chi connectivity index (χ4v) is 4.79. The van der Waals surface area contributed by atoms with Crippen LogP contribution in [-0.2, 0) is 8.85 Å². The van der Waals surface area contributed by atoms with Crippen LogP contribution in [0.25, 0.3) is 0 Å². The third kappa shape index (κ3) is 5.14. The summed E-state index contributed by atoms with van der Waals surface area (Å²) in [4.78, 5) is 0. The van der Waals surface area contributed by atoms with Gasteiger partial charge in [0.2, 0.25) is 0 Å². The molecule has 0 amide bonds. The van der Waals surface area contributed by atoms with Crippen LogP contribution in [0.4, 0.5) is 0 Å². The Hall–Kier alpha value is 0.137. The van der Waals surface area contributed by atoms with Gasteiger partial charge in [-0.3, -0.25) is 0 Å². The summed E-state index contributed by atoms with van der Waals surface area (Å²) >= 11 is 0. The molecule has 0 heterocycles. The van der Waals surface area contributed by atoms with Crippen molar-refractivity contribution < 1.29 is 8.85 Å². The molecule has 1 aliphatic carbocycles. The SMILES string of the molecule is CC(C)O[SiH](OC(C)C)C1CCCCC1. The molecule has 1 saturated carbocycles. The third-order valence-electron chi connectivity index (χ3n) is 2.85. The summed E-state index contributed by atoms with van der Waals surface area (Å²) in [5.74, 6) is 0. The summed E-state index contributed by atoms with van der Waals surface area (Å²) in [6.45, 7) is 8.47. The van der Waals surface area contributed by atoms with Gasteiger partial charge in [0, 0.05) is 12.2 Å². The fourth-order valence-electron chi connectivity index (χ4n) is 2.20. The zero-order valence-electron chi connectivity index (χ0n) is 10.7. The van der Waals surface area contributed by atoms with Crippen molar-refractivity contribution >= 4 is 9.28 Å². The molecule has 0 unspecified atom stereocenters. The van der Waals surface area contributed by atoms with Gasteiger partial charge in [0.1, 0.15) is 0 Å². The van der Waals surface area contributed by atoms with Crippen molar-refractivity contribution in [1.29, 1.82) is 0 Å². The van der Waals surface area contributed by atoms with Crippen molar-refractivity contribution in [2.45, 2.75) is 77.5 Å². The normalized spacial score (nSPS) is 19.4. The Labute approximate surface area is 96.2 Å². The topological polar surface area (TPSA) is 18.5 Å². The summed E-state index contributed by atoms with van der Waals surface area (Å²) in [6.07, 6.45) is 7.45. The molecule has 0 N–H and O–H groups in total. The molecule has 1 rings (SSSR count). The minimum atomic E-state index is -1.43. The molecule has 0 aromatic rings. The highest BCUT2D eigenvalue weighted by Gasteiger charge is 2.29. The van der Waals surface area contributed by atoms with Crippen LogP contribution in [0.2, 0.25) is 5.54 Å². The molecule has 90 valence electrons. The van der Waals surface area contributed by atoms with Gasteiger partial charge in [-0.2, -0.15) is 0 Å². The van der Waals surface area contributed by atoms with Crippen molar-refractivity contribution in [1.82, 2.24) is 0 Å². The van der Waals surface area contributed by atoms with Gasteiger partial charge in [0.25, 0.3) is 0 Å². The molecule has 1 aliphatic rings. The van der Waals surface area contributed by atoms with E-state index in [4.69, 9.17) is 8.85 Å². The average Bonchev–Trinajstić information content (AvgIpc) is 2.17. The molecule has 0 atom stereocenters. The third-order valence-corrected chi connectivity index (χ3v) is 5.91. The molecule has 3 heteroatoms. The van der Waals surface area contributed by atoms with Crippen LogP contribution in [0.1, 0.15) is 59.8 Å². The summed E-state index contributed by atoms with van der Waals surface area (Å²) < 4.78 is 12.0. The van der Waals surface area contributed by atoms with E-state index in [0.717, 1.165) is 5.54 Å². The smallest absolute Gasteiger partial charge is 0.325 e. The fraction of sp³-hybridized carbons (Fsp3) is 1.00. The summed E-state index contributed by atoms with van der Waals surface area (Å²) in [7, 11) is -1.43. The van der Waals surface area contributed by atoms with Crippen LogP contribution in [0.3, 0.4) is 0 Å². The van der Waals surface area contributed by atoms with E-state index in [1.54, 1.807) is 0 Å². The Bertz CT molecular complexity index is 155. The van der Waals surface area contributed by atoms with Crippen LogP contribution < -0.4 is 0 Å². The van der Waals surface area contributed by atoms with Crippen molar-refractivity contribution in [2.24, 2.45) is 0 Å². The zero-order chi connectivity index (χ0) is 11.3. The van der Waals surface area contributed by atoms with E-state index in [2.05, 4.69) is 27.7 Å². The number of hydrogen-bond donors (Lipinski definition) is 0. The summed E-state index contributed by atoms with van der Waals surface area (Å²) in [6, 6.07) is 0. The first-order valence-corrected chi connectivity index (χ1v) is 8.01. The van der Waals surface area contributed by atoms with E-state index >= 15 is 0 Å². The first-order valence-electron chi connectivity index (χ1n) is 6.40. The van der Waals surface area contributed by atoms with E-state index in [9.17, 15) is 0 Å². The van der Waals surface area contributed by atoms with Gasteiger partial charge in [0.05, 0.1) is 0 Å². The lowest BCUT2D eigenvalue weighted by Crippen LogP contribution is -2.35. The lowest BCUT2D eigenvalue weighted by Gasteiger charge is -2.31. The van der Waals surface area contributed by atoms with Crippen LogP contribution in [0.15, 0.2) is 0 Å². The van der Waals surface area contributed by atoms with E-state index in [0.29, 0.717) is 12.2 Å². The molecule has 0 spiro atoms. The molecule has 0 saturated heterocycles. The van der Waals surface area contributed by atoms with Crippen molar-refractivity contribution in [3.8, 4) is 0 Å². The zero-order valence-corrected chi connectivity index (χ0v) is 11.8. The highest BCUT2D eigenvalue weighted by Crippen LogP contribution is 2.32. The van der Waals surface area contributed by atoms with Crippen LogP contribution in [0.5, 0.6) is 0 Å². The maximum Gasteiger partial charge on any atom is 0.325 e. The molecule has 0 aromatic heterocycles. The van der Waals surface area contributed by atoms with Gasteiger partial charge in [-0.1, -0.05) is 19.3 Å². The molecule has 0 radical (unpaired) electrons. The van der Waals surface area contributed by atoms with Gasteiger partial charge in [-0.15, -0.1) is 0 Å². The summed E-state index contributed by atoms with van der Waals surface area (Å²) in [5.41, 5.74) is 0.753. The molecule has 0 aliphatic heterocycles. The van der Waals surface area contributed by atoms with Crippen molar-refractivity contribution in [3.63, 3.8) is 0 Å². The molecule has 1 fully saturated rings. The van der Waals surface area contributed by atoms with Crippen LogP contribution >= 0.6 is 0 Å². The lowest BCUT2D eigenvalue weighted by molar-refractivity contribution is 0.118. The molecule has 0 bridgehead atoms. The Kier molecular flexibility index (Phi) is 5.86. The first kappa shape index (κ1) is 13.2. The quantitative estimate of drug-likeness (QED) is 0.674. The predicted octanol–water partition coefficient (Wildman–Crippen LogP) is 3.39. The second kappa shape index (κ2) is 6.66. The monoisotopic (exact) mass is 230 g/mol. The molecule has 15 heavy (non-hydrogen) atoms. The maximum absolute atomic E-state index is 6.02. The van der Waals surface area contributed by atoms with E-state index in [-0.39, 0.29) is 0 Å². The minimum Gasteiger partial charge on any atom is -0.394 e. The second-order valence-corrected chi connectivity index (χ2v) is 7.36. The van der Waals surface area contributed by atoms with Crippen molar-refractivity contribution in [3.05, 3.63) is 0 Å². The maximum atomic E-state index is 6.02. The van der Waals surface area contributed by atoms with Crippen LogP contribution in [-0.4, -0.2) is 21.5 Å². The Balaban J connectivity index is 2.45. The molecule has 0 aromatic carbocycles. The van der Waals surface area contributed by atoms with E-state index in [1.807, 2.05) is 0 Å². The standard InChI is InChI=1S/C12H26O2Si/c1-10(2)13-15(14-11(3)4)12-8-6-5-7-9-12/h10-12,15H,5-9H2,1-4H3. The largest absolute Gasteiger partial charge is 0.394 e. The first-order chi connectivity index (χ1) is 7.09.